The fraction of sp³-hybridized carbons (Fsp3) is 0.759. The van der Waals surface area contributed by atoms with Gasteiger partial charge in [0.15, 0.2) is 5.78 Å². The first kappa shape index (κ1) is 23.2. The lowest BCUT2D eigenvalue weighted by molar-refractivity contribution is -0.151. The van der Waals surface area contributed by atoms with Crippen molar-refractivity contribution in [2.24, 2.45) is 40.4 Å². The summed E-state index contributed by atoms with van der Waals surface area (Å²) in [6, 6.07) is 6.48. The van der Waals surface area contributed by atoms with Crippen LogP contribution in [0, 0.1) is 40.4 Å². The van der Waals surface area contributed by atoms with Crippen LogP contribution in [-0.2, 0) is 11.3 Å². The molecule has 8 atom stereocenters. The molecule has 186 valence electrons. The molecular weight excluding hydrogens is 440 g/mol. The molecule has 4 nitrogen and oxygen atoms in total. The Bertz CT molecular complexity index is 1100. The smallest absolute Gasteiger partial charge is 0.157 e. The minimum absolute atomic E-state index is 0.165. The summed E-state index contributed by atoms with van der Waals surface area (Å²) in [6.07, 6.45) is 12.6. The van der Waals surface area contributed by atoms with Crippen molar-refractivity contribution in [3.63, 3.8) is 0 Å². The number of Topliss-reactive ketones (excluding diaryl/α,β-unsaturated/α-hetero) is 1. The van der Waals surface area contributed by atoms with Crippen LogP contribution in [0.3, 0.4) is 0 Å². The van der Waals surface area contributed by atoms with E-state index in [-0.39, 0.29) is 11.3 Å². The van der Waals surface area contributed by atoms with Crippen molar-refractivity contribution in [2.45, 2.75) is 95.6 Å². The largest absolute Gasteiger partial charge is 0.390 e. The number of carbonyl (C=O) groups excluding carboxylic acids is 1. The second-order valence-electron chi connectivity index (χ2n) is 13.1. The number of hydrogen-bond acceptors (Lipinski definition) is 3. The van der Waals surface area contributed by atoms with Crippen LogP contribution in [0.2, 0.25) is 0 Å². The highest BCUT2D eigenvalue weighted by Crippen LogP contribution is 2.68. The summed E-state index contributed by atoms with van der Waals surface area (Å²) in [5.41, 5.74) is 2.39. The maximum absolute atomic E-state index is 13.7. The summed E-state index contributed by atoms with van der Waals surface area (Å²) < 4.78 is 2.06. The van der Waals surface area contributed by atoms with Crippen LogP contribution in [-0.4, -0.2) is 32.5 Å². The monoisotopic (exact) mass is 482 g/mol. The van der Waals surface area contributed by atoms with Gasteiger partial charge in [-0.2, -0.15) is 0 Å². The van der Waals surface area contributed by atoms with Crippen LogP contribution in [0.4, 0.5) is 0 Å². The third kappa shape index (κ3) is 3.39. The molecule has 2 N–H and O–H groups in total. The Labute approximate surface area is 208 Å². The van der Waals surface area contributed by atoms with Crippen LogP contribution in [0.5, 0.6) is 0 Å². The van der Waals surface area contributed by atoms with Crippen LogP contribution in [0.1, 0.15) is 78.6 Å². The molecular formula is C29H42N2O2S. The van der Waals surface area contributed by atoms with Crippen molar-refractivity contribution >= 4 is 28.6 Å². The van der Waals surface area contributed by atoms with Gasteiger partial charge in [-0.3, -0.25) is 14.6 Å². The van der Waals surface area contributed by atoms with Gasteiger partial charge in [0.25, 0.3) is 0 Å². The van der Waals surface area contributed by atoms with E-state index in [1.54, 1.807) is 11.8 Å². The van der Waals surface area contributed by atoms with Gasteiger partial charge in [-0.05, 0) is 124 Å². The number of H-pyrrole nitrogens is 1. The summed E-state index contributed by atoms with van der Waals surface area (Å²) in [7, 11) is 0. The molecule has 0 amide bonds. The van der Waals surface area contributed by atoms with E-state index < -0.39 is 5.60 Å². The lowest BCUT2D eigenvalue weighted by Gasteiger charge is -2.61. The predicted octanol–water partition coefficient (Wildman–Crippen LogP) is 6.67. The molecule has 5 heteroatoms. The van der Waals surface area contributed by atoms with Crippen LogP contribution < -0.4 is 0 Å². The third-order valence-corrected chi connectivity index (χ3v) is 12.1. The van der Waals surface area contributed by atoms with Gasteiger partial charge in [-0.15, -0.1) is 11.8 Å². The highest BCUT2D eigenvalue weighted by Gasteiger charge is 2.61. The predicted molar refractivity (Wildman–Crippen MR) is 139 cm³/mol. The number of ketones is 1. The molecule has 2 aromatic rings. The van der Waals surface area contributed by atoms with Crippen molar-refractivity contribution in [1.82, 2.24) is 9.78 Å². The van der Waals surface area contributed by atoms with E-state index in [2.05, 4.69) is 55.0 Å². The highest BCUT2D eigenvalue weighted by molar-refractivity contribution is 7.98. The van der Waals surface area contributed by atoms with E-state index in [1.165, 1.54) is 43.4 Å². The lowest BCUT2D eigenvalue weighted by Crippen LogP contribution is -2.55. The zero-order valence-electron chi connectivity index (χ0n) is 21.4. The number of hydrogen-bond donors (Lipinski definition) is 2. The number of nitrogens with one attached hydrogen (secondary N) is 1. The lowest BCUT2D eigenvalue weighted by atomic mass is 9.44. The first-order chi connectivity index (χ1) is 16.1. The van der Waals surface area contributed by atoms with Crippen molar-refractivity contribution < 1.29 is 9.90 Å². The van der Waals surface area contributed by atoms with Crippen LogP contribution in [0.15, 0.2) is 23.1 Å². The molecule has 4 fully saturated rings. The number of carbonyl (C=O) groups is 1. The Morgan fingerprint density at radius 3 is 2.62 bits per heavy atom. The summed E-state index contributed by atoms with van der Waals surface area (Å²) in [5, 5.41) is 14.2. The number of rotatable bonds is 4. The van der Waals surface area contributed by atoms with Gasteiger partial charge in [-0.1, -0.05) is 13.8 Å². The summed E-state index contributed by atoms with van der Waals surface area (Å²) in [4.78, 5) is 14.9. The molecule has 4 aliphatic carbocycles. The standard InChI is InChI=1S/C29H42N2O2S/c1-27(33)13-14-28(2)18(16-27)5-7-20-21-8-9-23(29(21,3)12-11-22(20)28)26(32)17-31-25-10-6-19(34-4)15-24(25)30-31/h6,10,15,18,20-23,30,33H,5,7-9,11-14,16-17H2,1-4H3/t18-,20+,21+,22+,23-,27-,28+,29+/m1/s1. The van der Waals surface area contributed by atoms with Gasteiger partial charge in [0.05, 0.1) is 23.2 Å². The normalized spacial score (nSPS) is 44.0. The van der Waals surface area contributed by atoms with Crippen LogP contribution in [0.25, 0.3) is 11.0 Å². The molecule has 34 heavy (non-hydrogen) atoms. The van der Waals surface area contributed by atoms with Gasteiger partial charge < -0.3 is 5.11 Å². The Morgan fingerprint density at radius 1 is 1.06 bits per heavy atom. The minimum atomic E-state index is -0.467. The molecule has 1 heterocycles. The molecule has 6 rings (SSSR count). The van der Waals surface area contributed by atoms with Crippen molar-refractivity contribution in [3.8, 4) is 0 Å². The Morgan fingerprint density at radius 2 is 1.85 bits per heavy atom. The number of aromatic nitrogens is 2. The SMILES string of the molecule is CSc1ccc2c(c1)[nH]n2CC(=O)[C@H]1CC[C@H]2[C@@H]3CC[C@@H]4C[C@](C)(O)CC[C@]4(C)[C@H]3CC[C@]12C. The number of aromatic amines is 1. The van der Waals surface area contributed by atoms with Gasteiger partial charge in [0, 0.05) is 10.8 Å². The molecule has 0 aliphatic heterocycles. The molecule has 4 aliphatic rings. The van der Waals surface area contributed by atoms with Gasteiger partial charge in [-0.25, -0.2) is 0 Å². The van der Waals surface area contributed by atoms with Gasteiger partial charge in [0.2, 0.25) is 0 Å². The Balaban J connectivity index is 1.19. The summed E-state index contributed by atoms with van der Waals surface area (Å²) in [5.74, 6) is 3.56. The first-order valence-electron chi connectivity index (χ1n) is 13.6. The van der Waals surface area contributed by atoms with Crippen molar-refractivity contribution in [2.75, 3.05) is 6.26 Å². The number of nitrogens with zero attached hydrogens (tertiary/aromatic N) is 1. The molecule has 4 saturated carbocycles. The number of benzene rings is 1. The maximum atomic E-state index is 13.7. The number of aliphatic hydroxyl groups is 1. The van der Waals surface area contributed by atoms with Gasteiger partial charge >= 0.3 is 0 Å². The first-order valence-corrected chi connectivity index (χ1v) is 14.8. The van der Waals surface area contributed by atoms with E-state index in [0.29, 0.717) is 29.6 Å². The van der Waals surface area contributed by atoms with E-state index in [1.807, 2.05) is 0 Å². The van der Waals surface area contributed by atoms with E-state index in [9.17, 15) is 9.90 Å². The molecule has 0 bridgehead atoms. The van der Waals surface area contributed by atoms with Crippen molar-refractivity contribution in [1.29, 1.82) is 0 Å². The second-order valence-corrected chi connectivity index (χ2v) is 14.0. The zero-order valence-corrected chi connectivity index (χ0v) is 22.2. The molecule has 0 spiro atoms. The molecule has 0 radical (unpaired) electrons. The highest BCUT2D eigenvalue weighted by atomic mass is 32.2. The van der Waals surface area contributed by atoms with Crippen molar-refractivity contribution in [3.05, 3.63) is 18.2 Å². The quantitative estimate of drug-likeness (QED) is 0.479. The second kappa shape index (κ2) is 7.90. The average molecular weight is 483 g/mol. The average Bonchev–Trinajstić information content (AvgIpc) is 3.15. The zero-order chi connectivity index (χ0) is 23.9. The van der Waals surface area contributed by atoms with E-state index >= 15 is 0 Å². The van der Waals surface area contributed by atoms with E-state index in [4.69, 9.17) is 0 Å². The Kier molecular flexibility index (Phi) is 5.39. The maximum Gasteiger partial charge on any atom is 0.157 e. The molecule has 0 unspecified atom stereocenters. The van der Waals surface area contributed by atoms with Crippen LogP contribution >= 0.6 is 11.8 Å². The fourth-order valence-corrected chi connectivity index (χ4v) is 9.91. The minimum Gasteiger partial charge on any atom is -0.390 e. The molecule has 1 aromatic heterocycles. The number of thioether (sulfide) groups is 1. The third-order valence-electron chi connectivity index (χ3n) is 11.4. The molecule has 1 aromatic carbocycles. The van der Waals surface area contributed by atoms with E-state index in [0.717, 1.165) is 42.1 Å². The molecule has 0 saturated heterocycles. The fourth-order valence-electron chi connectivity index (χ4n) is 9.47. The summed E-state index contributed by atoms with van der Waals surface area (Å²) in [6.45, 7) is 7.56. The Hall–Kier alpha value is -1.20. The van der Waals surface area contributed by atoms with Gasteiger partial charge in [0.1, 0.15) is 0 Å². The topological polar surface area (TPSA) is 58.0 Å². The number of fused-ring (bicyclic) bond motifs is 6. The summed E-state index contributed by atoms with van der Waals surface area (Å²) >= 11 is 1.75.